The Kier molecular flexibility index (Phi) is 6.71. The van der Waals surface area contributed by atoms with E-state index in [9.17, 15) is 4.79 Å². The molecule has 5 heteroatoms. The summed E-state index contributed by atoms with van der Waals surface area (Å²) >= 11 is 3.45. The maximum Gasteiger partial charge on any atom is 0.343 e. The highest BCUT2D eigenvalue weighted by Crippen LogP contribution is 2.28. The third-order valence-corrected chi connectivity index (χ3v) is 4.51. The minimum atomic E-state index is -0.417. The minimum absolute atomic E-state index is 0.373. The molecule has 0 aliphatic rings. The van der Waals surface area contributed by atoms with Crippen molar-refractivity contribution in [3.8, 4) is 17.2 Å². The number of aryl methyl sites for hydroxylation is 2. The second kappa shape index (κ2) is 9.42. The molecule has 3 aromatic rings. The van der Waals surface area contributed by atoms with E-state index in [1.165, 1.54) is 0 Å². The zero-order valence-electron chi connectivity index (χ0n) is 15.8. The van der Waals surface area contributed by atoms with Gasteiger partial charge in [-0.15, -0.1) is 0 Å². The number of carbonyl (C=O) groups excluding carboxylic acids is 1. The topological polar surface area (TPSA) is 44.8 Å². The minimum Gasteiger partial charge on any atom is -0.490 e. The van der Waals surface area contributed by atoms with Crippen molar-refractivity contribution in [1.82, 2.24) is 0 Å². The quantitative estimate of drug-likeness (QED) is 0.266. The van der Waals surface area contributed by atoms with Gasteiger partial charge < -0.3 is 14.2 Å². The summed E-state index contributed by atoms with van der Waals surface area (Å²) in [6.45, 7) is 4.60. The first kappa shape index (κ1) is 20.0. The Balaban J connectivity index is 1.59. The normalized spacial score (nSPS) is 10.4. The van der Waals surface area contributed by atoms with Crippen LogP contribution in [0.2, 0.25) is 0 Å². The van der Waals surface area contributed by atoms with Crippen LogP contribution < -0.4 is 14.2 Å². The van der Waals surface area contributed by atoms with Crippen molar-refractivity contribution in [2.45, 2.75) is 13.8 Å². The standard InChI is InChI=1S/C23H21BrO4/c1-16-13-19(24)14-17(2)22(16)28-23(25)18-7-6-10-21(15-18)27-12-11-26-20-8-4-3-5-9-20/h3-10,13-15H,11-12H2,1-2H3. The Morgan fingerprint density at radius 2 is 1.43 bits per heavy atom. The maximum atomic E-state index is 12.6. The van der Waals surface area contributed by atoms with Gasteiger partial charge in [0.25, 0.3) is 0 Å². The van der Waals surface area contributed by atoms with E-state index in [0.29, 0.717) is 30.3 Å². The summed E-state index contributed by atoms with van der Waals surface area (Å²) in [6.07, 6.45) is 0. The average Bonchev–Trinajstić information content (AvgIpc) is 2.69. The van der Waals surface area contributed by atoms with Crippen LogP contribution in [-0.4, -0.2) is 19.2 Å². The molecule has 3 aromatic carbocycles. The lowest BCUT2D eigenvalue weighted by molar-refractivity contribution is 0.0731. The number of carbonyl (C=O) groups is 1. The monoisotopic (exact) mass is 440 g/mol. The first-order valence-corrected chi connectivity index (χ1v) is 9.72. The van der Waals surface area contributed by atoms with Crippen LogP contribution in [0.15, 0.2) is 71.2 Å². The Morgan fingerprint density at radius 3 is 2.11 bits per heavy atom. The molecule has 144 valence electrons. The lowest BCUT2D eigenvalue weighted by Gasteiger charge is -2.12. The molecule has 0 radical (unpaired) electrons. The van der Waals surface area contributed by atoms with Gasteiger partial charge in [0.1, 0.15) is 30.5 Å². The molecule has 28 heavy (non-hydrogen) atoms. The van der Waals surface area contributed by atoms with Gasteiger partial charge >= 0.3 is 5.97 Å². The van der Waals surface area contributed by atoms with Gasteiger partial charge in [-0.1, -0.05) is 40.2 Å². The number of esters is 1. The first-order chi connectivity index (χ1) is 13.5. The molecule has 0 heterocycles. The van der Waals surface area contributed by atoms with E-state index in [0.717, 1.165) is 21.3 Å². The molecule has 0 fully saturated rings. The SMILES string of the molecule is Cc1cc(Br)cc(C)c1OC(=O)c1cccc(OCCOc2ccccc2)c1. The van der Waals surface area contributed by atoms with E-state index in [4.69, 9.17) is 14.2 Å². The van der Waals surface area contributed by atoms with Gasteiger partial charge in [-0.25, -0.2) is 4.79 Å². The van der Waals surface area contributed by atoms with Crippen LogP contribution in [0.5, 0.6) is 17.2 Å². The molecule has 0 unspecified atom stereocenters. The molecule has 0 saturated carbocycles. The van der Waals surface area contributed by atoms with Crippen LogP contribution in [-0.2, 0) is 0 Å². The Labute approximate surface area is 173 Å². The summed E-state index contributed by atoms with van der Waals surface area (Å²) in [5, 5.41) is 0. The zero-order chi connectivity index (χ0) is 19.9. The second-order valence-electron chi connectivity index (χ2n) is 6.30. The number of hydrogen-bond acceptors (Lipinski definition) is 4. The van der Waals surface area contributed by atoms with Crippen LogP contribution >= 0.6 is 15.9 Å². The Hall–Kier alpha value is -2.79. The fraction of sp³-hybridized carbons (Fsp3) is 0.174. The average molecular weight is 441 g/mol. The molecule has 0 aliphatic heterocycles. The Bertz CT molecular complexity index is 931. The van der Waals surface area contributed by atoms with Crippen LogP contribution in [0.4, 0.5) is 0 Å². The van der Waals surface area contributed by atoms with Gasteiger partial charge in [0.2, 0.25) is 0 Å². The van der Waals surface area contributed by atoms with Crippen molar-refractivity contribution in [2.75, 3.05) is 13.2 Å². The van der Waals surface area contributed by atoms with E-state index in [1.54, 1.807) is 24.3 Å². The summed E-state index contributed by atoms with van der Waals surface area (Å²) in [4.78, 5) is 12.6. The highest BCUT2D eigenvalue weighted by Gasteiger charge is 2.14. The number of hydrogen-bond donors (Lipinski definition) is 0. The molecular weight excluding hydrogens is 420 g/mol. The van der Waals surface area contributed by atoms with Crippen molar-refractivity contribution < 1.29 is 19.0 Å². The maximum absolute atomic E-state index is 12.6. The third-order valence-electron chi connectivity index (χ3n) is 4.05. The molecule has 0 aliphatic carbocycles. The van der Waals surface area contributed by atoms with Gasteiger partial charge in [0.15, 0.2) is 0 Å². The molecule has 3 rings (SSSR count). The van der Waals surface area contributed by atoms with Gasteiger partial charge in [0, 0.05) is 4.47 Å². The van der Waals surface area contributed by atoms with Crippen molar-refractivity contribution in [3.63, 3.8) is 0 Å². The second-order valence-corrected chi connectivity index (χ2v) is 7.21. The summed E-state index contributed by atoms with van der Waals surface area (Å²) in [7, 11) is 0. The van der Waals surface area contributed by atoms with E-state index in [2.05, 4.69) is 15.9 Å². The van der Waals surface area contributed by atoms with Crippen LogP contribution in [0.1, 0.15) is 21.5 Å². The van der Waals surface area contributed by atoms with Crippen LogP contribution in [0, 0.1) is 13.8 Å². The molecule has 0 aromatic heterocycles. The first-order valence-electron chi connectivity index (χ1n) is 8.92. The number of rotatable bonds is 7. The molecule has 0 atom stereocenters. The smallest absolute Gasteiger partial charge is 0.343 e. The number of halogens is 1. The highest BCUT2D eigenvalue weighted by molar-refractivity contribution is 9.10. The fourth-order valence-electron chi connectivity index (χ4n) is 2.76. The zero-order valence-corrected chi connectivity index (χ0v) is 17.4. The van der Waals surface area contributed by atoms with E-state index in [-0.39, 0.29) is 0 Å². The largest absolute Gasteiger partial charge is 0.490 e. The van der Waals surface area contributed by atoms with Gasteiger partial charge in [-0.2, -0.15) is 0 Å². The summed E-state index contributed by atoms with van der Waals surface area (Å²) in [6, 6.07) is 20.3. The van der Waals surface area contributed by atoms with Crippen LogP contribution in [0.3, 0.4) is 0 Å². The molecule has 0 N–H and O–H groups in total. The molecule has 0 spiro atoms. The number of para-hydroxylation sites is 1. The lowest BCUT2D eigenvalue weighted by Crippen LogP contribution is -2.12. The van der Waals surface area contributed by atoms with Gasteiger partial charge in [0.05, 0.1) is 5.56 Å². The summed E-state index contributed by atoms with van der Waals surface area (Å²) in [5.74, 6) is 1.55. The van der Waals surface area contributed by atoms with E-state index >= 15 is 0 Å². The fourth-order valence-corrected chi connectivity index (χ4v) is 3.45. The van der Waals surface area contributed by atoms with E-state index < -0.39 is 5.97 Å². The lowest BCUT2D eigenvalue weighted by atomic mass is 10.1. The van der Waals surface area contributed by atoms with Crippen molar-refractivity contribution in [3.05, 3.63) is 87.9 Å². The van der Waals surface area contributed by atoms with Crippen LogP contribution in [0.25, 0.3) is 0 Å². The Morgan fingerprint density at radius 1 is 0.821 bits per heavy atom. The van der Waals surface area contributed by atoms with Gasteiger partial charge in [-0.05, 0) is 67.4 Å². The third kappa shape index (κ3) is 5.36. The molecular formula is C23H21BrO4. The molecule has 0 bridgehead atoms. The van der Waals surface area contributed by atoms with E-state index in [1.807, 2.05) is 56.3 Å². The number of benzene rings is 3. The molecule has 0 amide bonds. The highest BCUT2D eigenvalue weighted by atomic mass is 79.9. The molecule has 0 saturated heterocycles. The van der Waals surface area contributed by atoms with Crippen molar-refractivity contribution in [1.29, 1.82) is 0 Å². The summed E-state index contributed by atoms with van der Waals surface area (Å²) in [5.41, 5.74) is 2.22. The molecule has 4 nitrogen and oxygen atoms in total. The number of ether oxygens (including phenoxy) is 3. The van der Waals surface area contributed by atoms with Crippen molar-refractivity contribution in [2.24, 2.45) is 0 Å². The summed E-state index contributed by atoms with van der Waals surface area (Å²) < 4.78 is 17.9. The predicted octanol–water partition coefficient (Wildman–Crippen LogP) is 5.74. The van der Waals surface area contributed by atoms with Gasteiger partial charge in [-0.3, -0.25) is 0 Å². The van der Waals surface area contributed by atoms with Crippen molar-refractivity contribution >= 4 is 21.9 Å². The predicted molar refractivity (Wildman–Crippen MR) is 112 cm³/mol.